The third-order valence-electron chi connectivity index (χ3n) is 4.00. The lowest BCUT2D eigenvalue weighted by Crippen LogP contribution is -2.35. The van der Waals surface area contributed by atoms with Crippen molar-refractivity contribution in [3.8, 4) is 0 Å². The van der Waals surface area contributed by atoms with E-state index in [0.717, 1.165) is 24.2 Å². The van der Waals surface area contributed by atoms with E-state index in [1.165, 1.54) is 48.2 Å². The summed E-state index contributed by atoms with van der Waals surface area (Å²) in [5.41, 5.74) is 2.49. The maximum Gasteiger partial charge on any atom is 0.0767 e. The molecule has 1 saturated heterocycles. The van der Waals surface area contributed by atoms with Gasteiger partial charge in [0.2, 0.25) is 0 Å². The van der Waals surface area contributed by atoms with E-state index in [1.54, 1.807) is 0 Å². The molecule has 0 aromatic carbocycles. The quantitative estimate of drug-likeness (QED) is 0.711. The highest BCUT2D eigenvalue weighted by molar-refractivity contribution is 9.10. The first-order chi connectivity index (χ1) is 9.15. The molecule has 1 aliphatic rings. The molecule has 0 N–H and O–H groups in total. The lowest BCUT2D eigenvalue weighted by atomic mass is 9.95. The molecular weight excluding hydrogens is 370 g/mol. The SMILES string of the molecule is CCc1nn(C)c(CN2CCCC(CCBr)C2)c1Br. The summed E-state index contributed by atoms with van der Waals surface area (Å²) in [6.45, 7) is 5.62. The van der Waals surface area contributed by atoms with Crippen molar-refractivity contribution in [2.75, 3.05) is 18.4 Å². The molecule has 0 saturated carbocycles. The molecule has 1 fully saturated rings. The van der Waals surface area contributed by atoms with Gasteiger partial charge in [0.05, 0.1) is 15.9 Å². The number of alkyl halides is 1. The smallest absolute Gasteiger partial charge is 0.0767 e. The summed E-state index contributed by atoms with van der Waals surface area (Å²) in [6, 6.07) is 0. The number of halogens is 2. The summed E-state index contributed by atoms with van der Waals surface area (Å²) >= 11 is 7.28. The van der Waals surface area contributed by atoms with E-state index in [1.807, 2.05) is 4.68 Å². The number of aryl methyl sites for hydroxylation is 2. The lowest BCUT2D eigenvalue weighted by Gasteiger charge is -2.32. The fourth-order valence-electron chi connectivity index (χ4n) is 2.89. The van der Waals surface area contributed by atoms with Gasteiger partial charge in [-0.15, -0.1) is 0 Å². The first kappa shape index (κ1) is 15.5. The molecule has 0 spiro atoms. The van der Waals surface area contributed by atoms with E-state index < -0.39 is 0 Å². The van der Waals surface area contributed by atoms with Crippen LogP contribution in [-0.2, 0) is 20.0 Å². The Balaban J connectivity index is 2.02. The lowest BCUT2D eigenvalue weighted by molar-refractivity contribution is 0.162. The Morgan fingerprint density at radius 2 is 2.21 bits per heavy atom. The minimum absolute atomic E-state index is 0.853. The number of piperidine rings is 1. The average molecular weight is 393 g/mol. The zero-order valence-corrected chi connectivity index (χ0v) is 15.0. The van der Waals surface area contributed by atoms with Crippen molar-refractivity contribution < 1.29 is 0 Å². The van der Waals surface area contributed by atoms with E-state index in [2.05, 4.69) is 55.8 Å². The second kappa shape index (κ2) is 7.23. The predicted molar refractivity (Wildman–Crippen MR) is 86.7 cm³/mol. The van der Waals surface area contributed by atoms with Gasteiger partial charge < -0.3 is 0 Å². The second-order valence-electron chi connectivity index (χ2n) is 5.41. The van der Waals surface area contributed by atoms with Crippen LogP contribution >= 0.6 is 31.9 Å². The van der Waals surface area contributed by atoms with Crippen molar-refractivity contribution >= 4 is 31.9 Å². The number of hydrogen-bond donors (Lipinski definition) is 0. The fraction of sp³-hybridized carbons (Fsp3) is 0.786. The van der Waals surface area contributed by atoms with Crippen LogP contribution in [0.2, 0.25) is 0 Å². The molecule has 2 heterocycles. The van der Waals surface area contributed by atoms with E-state index in [4.69, 9.17) is 0 Å². The predicted octanol–water partition coefficient (Wildman–Crippen LogP) is 3.74. The largest absolute Gasteiger partial charge is 0.297 e. The second-order valence-corrected chi connectivity index (χ2v) is 6.99. The Morgan fingerprint density at radius 1 is 1.42 bits per heavy atom. The van der Waals surface area contributed by atoms with Crippen molar-refractivity contribution in [2.24, 2.45) is 13.0 Å². The highest BCUT2D eigenvalue weighted by Crippen LogP contribution is 2.26. The monoisotopic (exact) mass is 391 g/mol. The molecule has 0 amide bonds. The maximum atomic E-state index is 4.59. The Kier molecular flexibility index (Phi) is 5.90. The van der Waals surface area contributed by atoms with E-state index in [0.29, 0.717) is 0 Å². The van der Waals surface area contributed by atoms with Crippen LogP contribution in [0, 0.1) is 5.92 Å². The Labute approximate surface area is 133 Å². The van der Waals surface area contributed by atoms with E-state index >= 15 is 0 Å². The van der Waals surface area contributed by atoms with Crippen LogP contribution < -0.4 is 0 Å². The fourth-order valence-corrected chi connectivity index (χ4v) is 4.28. The summed E-state index contributed by atoms with van der Waals surface area (Å²) in [7, 11) is 2.05. The standard InChI is InChI=1S/C14H23Br2N3/c1-3-12-14(16)13(18(2)17-12)10-19-8-4-5-11(9-19)6-7-15/h11H,3-10H2,1-2H3. The first-order valence-electron chi connectivity index (χ1n) is 7.14. The highest BCUT2D eigenvalue weighted by Gasteiger charge is 2.22. The zero-order valence-electron chi connectivity index (χ0n) is 11.8. The van der Waals surface area contributed by atoms with Gasteiger partial charge in [0.15, 0.2) is 0 Å². The zero-order chi connectivity index (χ0) is 13.8. The molecule has 108 valence electrons. The van der Waals surface area contributed by atoms with E-state index in [-0.39, 0.29) is 0 Å². The van der Waals surface area contributed by atoms with Gasteiger partial charge >= 0.3 is 0 Å². The first-order valence-corrected chi connectivity index (χ1v) is 9.05. The molecule has 1 unspecified atom stereocenters. The number of nitrogens with zero attached hydrogens (tertiary/aromatic N) is 3. The summed E-state index contributed by atoms with van der Waals surface area (Å²) in [4.78, 5) is 2.58. The van der Waals surface area contributed by atoms with Gasteiger partial charge in [-0.3, -0.25) is 9.58 Å². The van der Waals surface area contributed by atoms with Crippen LogP contribution in [0.4, 0.5) is 0 Å². The number of rotatable bonds is 5. The number of likely N-dealkylation sites (tertiary alicyclic amines) is 1. The molecule has 1 atom stereocenters. The van der Waals surface area contributed by atoms with Crippen LogP contribution in [0.5, 0.6) is 0 Å². The van der Waals surface area contributed by atoms with Crippen LogP contribution in [-0.4, -0.2) is 33.1 Å². The minimum atomic E-state index is 0.853. The van der Waals surface area contributed by atoms with Crippen LogP contribution in [0.25, 0.3) is 0 Å². The molecule has 3 nitrogen and oxygen atoms in total. The molecule has 19 heavy (non-hydrogen) atoms. The average Bonchev–Trinajstić information content (AvgIpc) is 2.67. The Hall–Kier alpha value is 0.130. The number of aromatic nitrogens is 2. The van der Waals surface area contributed by atoms with Gasteiger partial charge in [0.25, 0.3) is 0 Å². The molecule has 5 heteroatoms. The maximum absolute atomic E-state index is 4.59. The van der Waals surface area contributed by atoms with Crippen molar-refractivity contribution in [1.82, 2.24) is 14.7 Å². The van der Waals surface area contributed by atoms with Crippen molar-refractivity contribution in [3.63, 3.8) is 0 Å². The van der Waals surface area contributed by atoms with Gasteiger partial charge in [-0.2, -0.15) is 5.10 Å². The molecule has 1 aromatic rings. The Bertz CT molecular complexity index is 415. The van der Waals surface area contributed by atoms with Gasteiger partial charge in [-0.25, -0.2) is 0 Å². The van der Waals surface area contributed by atoms with E-state index in [9.17, 15) is 0 Å². The molecule has 1 aliphatic heterocycles. The summed E-state index contributed by atoms with van der Waals surface area (Å²) in [5.74, 6) is 0.853. The van der Waals surface area contributed by atoms with Crippen molar-refractivity contribution in [1.29, 1.82) is 0 Å². The molecular formula is C14H23Br2N3. The third kappa shape index (κ3) is 3.82. The summed E-state index contributed by atoms with van der Waals surface area (Å²) in [6.07, 6.45) is 4.99. The molecule has 0 bridgehead atoms. The molecule has 2 rings (SSSR count). The van der Waals surface area contributed by atoms with Gasteiger partial charge in [-0.1, -0.05) is 22.9 Å². The third-order valence-corrected chi connectivity index (χ3v) is 5.37. The number of hydrogen-bond acceptors (Lipinski definition) is 2. The van der Waals surface area contributed by atoms with Gasteiger partial charge in [0, 0.05) is 25.5 Å². The van der Waals surface area contributed by atoms with Gasteiger partial charge in [-0.05, 0) is 54.1 Å². The van der Waals surface area contributed by atoms with Crippen molar-refractivity contribution in [2.45, 2.75) is 39.2 Å². The summed E-state index contributed by atoms with van der Waals surface area (Å²) < 4.78 is 3.25. The minimum Gasteiger partial charge on any atom is -0.297 e. The highest BCUT2D eigenvalue weighted by atomic mass is 79.9. The van der Waals surface area contributed by atoms with Crippen LogP contribution in [0.3, 0.4) is 0 Å². The molecule has 0 radical (unpaired) electrons. The van der Waals surface area contributed by atoms with Crippen molar-refractivity contribution in [3.05, 3.63) is 15.9 Å². The Morgan fingerprint density at radius 3 is 2.84 bits per heavy atom. The topological polar surface area (TPSA) is 21.1 Å². The van der Waals surface area contributed by atoms with Crippen LogP contribution in [0.1, 0.15) is 37.6 Å². The normalized spacial score (nSPS) is 20.9. The summed E-state index contributed by atoms with van der Waals surface area (Å²) in [5, 5.41) is 5.71. The molecule has 0 aliphatic carbocycles. The molecule has 1 aromatic heterocycles. The van der Waals surface area contributed by atoms with Crippen LogP contribution in [0.15, 0.2) is 4.47 Å². The van der Waals surface area contributed by atoms with Gasteiger partial charge in [0.1, 0.15) is 0 Å².